The topological polar surface area (TPSA) is 122 Å². The summed E-state index contributed by atoms with van der Waals surface area (Å²) in [6.45, 7) is 1.33. The summed E-state index contributed by atoms with van der Waals surface area (Å²) in [6, 6.07) is 7.32. The molecule has 0 bridgehead atoms. The van der Waals surface area contributed by atoms with Gasteiger partial charge in [-0.1, -0.05) is 0 Å². The molecule has 166 valence electrons. The lowest BCUT2D eigenvalue weighted by Gasteiger charge is -2.15. The third-order valence-electron chi connectivity index (χ3n) is 5.64. The monoisotopic (exact) mass is 442 g/mol. The van der Waals surface area contributed by atoms with Crippen molar-refractivity contribution in [3.63, 3.8) is 0 Å². The van der Waals surface area contributed by atoms with Crippen molar-refractivity contribution in [3.8, 4) is 28.3 Å². The van der Waals surface area contributed by atoms with E-state index in [2.05, 4.69) is 26.9 Å². The number of aromatic nitrogens is 5. The van der Waals surface area contributed by atoms with Crippen LogP contribution in [-0.4, -0.2) is 56.6 Å². The molecule has 10 nitrogen and oxygen atoms in total. The first-order valence-corrected chi connectivity index (χ1v) is 10.5. The molecule has 2 N–H and O–H groups in total. The van der Waals surface area contributed by atoms with Gasteiger partial charge in [0.1, 0.15) is 5.82 Å². The summed E-state index contributed by atoms with van der Waals surface area (Å²) < 4.78 is 8.96. The van der Waals surface area contributed by atoms with E-state index in [1.807, 2.05) is 19.4 Å². The van der Waals surface area contributed by atoms with Gasteiger partial charge in [-0.05, 0) is 30.2 Å². The molecule has 10 heteroatoms. The van der Waals surface area contributed by atoms with Crippen molar-refractivity contribution in [2.24, 2.45) is 7.05 Å². The Balaban J connectivity index is 1.66. The van der Waals surface area contributed by atoms with Crippen LogP contribution in [0.4, 0.5) is 5.82 Å². The first-order chi connectivity index (χ1) is 16.1. The number of fused-ring (bicyclic) bond motifs is 1. The van der Waals surface area contributed by atoms with E-state index in [1.165, 1.54) is 0 Å². The van der Waals surface area contributed by atoms with Gasteiger partial charge in [0.2, 0.25) is 0 Å². The number of hydrogen-bond acceptors (Lipinski definition) is 7. The standard InChI is InChI=1S/C23H22N8O2/c1-25-23(32)16-6-14(8-24)5-15(7-16)19-10-27-31-12-20(17-9-26-30(2)11-17)21(29-22(19)31)28-18-3-4-33-13-18/h5-7,9-12,18H,3-4,13H2,1-2H3,(H,25,32)(H,28,29)/t18-/m0/s1. The van der Waals surface area contributed by atoms with E-state index in [9.17, 15) is 10.1 Å². The van der Waals surface area contributed by atoms with E-state index in [1.54, 1.807) is 46.8 Å². The molecule has 0 unspecified atom stereocenters. The summed E-state index contributed by atoms with van der Waals surface area (Å²) in [7, 11) is 3.42. The highest BCUT2D eigenvalue weighted by Gasteiger charge is 2.21. The summed E-state index contributed by atoms with van der Waals surface area (Å²) in [5.74, 6) is 0.441. The van der Waals surface area contributed by atoms with Crippen LogP contribution in [0.25, 0.3) is 27.9 Å². The Hall–Kier alpha value is -4.23. The molecule has 33 heavy (non-hydrogen) atoms. The van der Waals surface area contributed by atoms with Crippen molar-refractivity contribution in [1.29, 1.82) is 5.26 Å². The van der Waals surface area contributed by atoms with Crippen LogP contribution in [0.3, 0.4) is 0 Å². The van der Waals surface area contributed by atoms with Gasteiger partial charge in [-0.3, -0.25) is 9.48 Å². The van der Waals surface area contributed by atoms with Crippen LogP contribution in [0.2, 0.25) is 0 Å². The molecule has 4 aromatic rings. The molecule has 1 saturated heterocycles. The highest BCUT2D eigenvalue weighted by atomic mass is 16.5. The molecule has 0 spiro atoms. The van der Waals surface area contributed by atoms with E-state index >= 15 is 0 Å². The maximum Gasteiger partial charge on any atom is 0.251 e. The number of aryl methyl sites for hydroxylation is 1. The molecule has 1 amide bonds. The summed E-state index contributed by atoms with van der Waals surface area (Å²) in [5, 5.41) is 24.4. The number of nitrogens with one attached hydrogen (secondary N) is 2. The second-order valence-electron chi connectivity index (χ2n) is 7.93. The third kappa shape index (κ3) is 3.90. The van der Waals surface area contributed by atoms with Gasteiger partial charge in [-0.25, -0.2) is 9.50 Å². The Bertz CT molecular complexity index is 1390. The van der Waals surface area contributed by atoms with Crippen LogP contribution >= 0.6 is 0 Å². The van der Waals surface area contributed by atoms with Crippen molar-refractivity contribution >= 4 is 17.4 Å². The second-order valence-corrected chi connectivity index (χ2v) is 7.93. The Morgan fingerprint density at radius 1 is 1.18 bits per heavy atom. The maximum atomic E-state index is 12.2. The van der Waals surface area contributed by atoms with Crippen molar-refractivity contribution in [2.45, 2.75) is 12.5 Å². The molecule has 3 aromatic heterocycles. The lowest BCUT2D eigenvalue weighted by Crippen LogP contribution is -2.20. The van der Waals surface area contributed by atoms with E-state index in [0.29, 0.717) is 41.4 Å². The number of hydrogen-bond donors (Lipinski definition) is 2. The van der Waals surface area contributed by atoms with Crippen LogP contribution in [0.5, 0.6) is 0 Å². The van der Waals surface area contributed by atoms with Crippen molar-refractivity contribution in [2.75, 3.05) is 25.6 Å². The molecule has 0 radical (unpaired) electrons. The van der Waals surface area contributed by atoms with Crippen LogP contribution in [-0.2, 0) is 11.8 Å². The molecule has 1 atom stereocenters. The van der Waals surface area contributed by atoms with Gasteiger partial charge in [0.25, 0.3) is 5.91 Å². The minimum absolute atomic E-state index is 0.156. The van der Waals surface area contributed by atoms with E-state index in [4.69, 9.17) is 9.72 Å². The van der Waals surface area contributed by atoms with Crippen molar-refractivity contribution in [1.82, 2.24) is 29.7 Å². The molecule has 1 aliphatic rings. The fraction of sp³-hybridized carbons (Fsp3) is 0.261. The van der Waals surface area contributed by atoms with Crippen LogP contribution in [0.15, 0.2) is 43.0 Å². The smallest absolute Gasteiger partial charge is 0.251 e. The van der Waals surface area contributed by atoms with Gasteiger partial charge in [0.05, 0.1) is 36.7 Å². The summed E-state index contributed by atoms with van der Waals surface area (Å²) >= 11 is 0. The number of amides is 1. The third-order valence-corrected chi connectivity index (χ3v) is 5.64. The Morgan fingerprint density at radius 3 is 2.76 bits per heavy atom. The largest absolute Gasteiger partial charge is 0.379 e. The summed E-state index contributed by atoms with van der Waals surface area (Å²) in [4.78, 5) is 17.2. The number of ether oxygens (including phenoxy) is 1. The fourth-order valence-corrected chi connectivity index (χ4v) is 3.96. The van der Waals surface area contributed by atoms with Crippen molar-refractivity contribution < 1.29 is 9.53 Å². The number of benzene rings is 1. The second kappa shape index (κ2) is 8.37. The van der Waals surface area contributed by atoms with Crippen LogP contribution < -0.4 is 10.6 Å². The normalized spacial score (nSPS) is 15.5. The molecule has 5 rings (SSSR count). The van der Waals surface area contributed by atoms with Gasteiger partial charge in [-0.2, -0.15) is 15.5 Å². The van der Waals surface area contributed by atoms with E-state index in [-0.39, 0.29) is 11.9 Å². The van der Waals surface area contributed by atoms with Gasteiger partial charge in [-0.15, -0.1) is 0 Å². The molecular weight excluding hydrogens is 420 g/mol. The lowest BCUT2D eigenvalue weighted by atomic mass is 10.0. The molecule has 1 fully saturated rings. The van der Waals surface area contributed by atoms with Gasteiger partial charge < -0.3 is 15.4 Å². The van der Waals surface area contributed by atoms with Crippen LogP contribution in [0.1, 0.15) is 22.3 Å². The zero-order valence-corrected chi connectivity index (χ0v) is 18.2. The van der Waals surface area contributed by atoms with Gasteiger partial charge in [0.15, 0.2) is 5.65 Å². The summed E-state index contributed by atoms with van der Waals surface area (Å²) in [6.07, 6.45) is 8.22. The zero-order valence-electron chi connectivity index (χ0n) is 18.2. The SMILES string of the molecule is CNC(=O)c1cc(C#N)cc(-c2cnn3cc(-c4cnn(C)c4)c(N[C@H]4CCOC4)nc23)c1. The Labute approximate surface area is 189 Å². The average molecular weight is 442 g/mol. The Morgan fingerprint density at radius 2 is 2.06 bits per heavy atom. The molecule has 0 saturated carbocycles. The molecule has 0 aliphatic carbocycles. The first-order valence-electron chi connectivity index (χ1n) is 10.5. The lowest BCUT2D eigenvalue weighted by molar-refractivity contribution is 0.0963. The molecule has 4 heterocycles. The molecule has 1 aliphatic heterocycles. The predicted octanol–water partition coefficient (Wildman–Crippen LogP) is 2.23. The fourth-order valence-electron chi connectivity index (χ4n) is 3.96. The highest BCUT2D eigenvalue weighted by molar-refractivity contribution is 5.96. The highest BCUT2D eigenvalue weighted by Crippen LogP contribution is 2.32. The number of rotatable bonds is 5. The minimum atomic E-state index is -0.264. The van der Waals surface area contributed by atoms with E-state index in [0.717, 1.165) is 23.1 Å². The van der Waals surface area contributed by atoms with Gasteiger partial charge in [0, 0.05) is 55.3 Å². The summed E-state index contributed by atoms with van der Waals surface area (Å²) in [5.41, 5.74) is 4.60. The Kier molecular flexibility index (Phi) is 5.24. The maximum absolute atomic E-state index is 12.2. The van der Waals surface area contributed by atoms with Crippen molar-refractivity contribution in [3.05, 3.63) is 54.1 Å². The number of carbonyl (C=O) groups excluding carboxylic acids is 1. The zero-order chi connectivity index (χ0) is 22.9. The number of carbonyl (C=O) groups is 1. The van der Waals surface area contributed by atoms with E-state index < -0.39 is 0 Å². The predicted molar refractivity (Wildman–Crippen MR) is 122 cm³/mol. The number of anilines is 1. The average Bonchev–Trinajstić information content (AvgIpc) is 3.59. The molecular formula is C23H22N8O2. The first kappa shape index (κ1) is 20.7. The quantitative estimate of drug-likeness (QED) is 0.486. The number of nitriles is 1. The molecule has 1 aromatic carbocycles. The van der Waals surface area contributed by atoms with Crippen LogP contribution in [0, 0.1) is 11.3 Å². The van der Waals surface area contributed by atoms with Gasteiger partial charge >= 0.3 is 0 Å². The number of nitrogens with zero attached hydrogens (tertiary/aromatic N) is 6. The minimum Gasteiger partial charge on any atom is -0.379 e.